The molecule has 3 aromatic heterocycles. The van der Waals surface area contributed by atoms with E-state index in [1.807, 2.05) is 30.3 Å². The van der Waals surface area contributed by atoms with Gasteiger partial charge in [-0.2, -0.15) is 5.10 Å². The molecule has 0 aliphatic carbocycles. The van der Waals surface area contributed by atoms with E-state index in [-0.39, 0.29) is 11.6 Å². The molecule has 0 bridgehead atoms. The van der Waals surface area contributed by atoms with Gasteiger partial charge in [0.2, 0.25) is 0 Å². The number of nitrogens with one attached hydrogen (secondary N) is 1. The van der Waals surface area contributed by atoms with E-state index in [9.17, 15) is 4.79 Å². The van der Waals surface area contributed by atoms with Crippen molar-refractivity contribution in [3.8, 4) is 10.8 Å². The van der Waals surface area contributed by atoms with Crippen LogP contribution in [0.3, 0.4) is 0 Å². The van der Waals surface area contributed by atoms with Gasteiger partial charge in [0.05, 0.1) is 18.4 Å². The molecule has 124 valence electrons. The topological polar surface area (TPSA) is 98.7 Å². The van der Waals surface area contributed by atoms with Crippen molar-refractivity contribution < 1.29 is 9.32 Å². The van der Waals surface area contributed by atoms with Gasteiger partial charge in [0.25, 0.3) is 5.91 Å². The summed E-state index contributed by atoms with van der Waals surface area (Å²) in [5.74, 6) is 0.0335. The van der Waals surface area contributed by atoms with Crippen LogP contribution in [0.1, 0.15) is 16.1 Å². The van der Waals surface area contributed by atoms with E-state index in [2.05, 4.69) is 25.8 Å². The Balaban J connectivity index is 1.43. The van der Waals surface area contributed by atoms with Crippen LogP contribution in [0.4, 0.5) is 5.69 Å². The number of amides is 1. The standard InChI is InChI=1S/C16H12N6O2S/c23-15(13-6-14(24-21-13)16-20-17-10-25-16)19-12-7-18-22(9-12)8-11-4-2-1-3-5-11/h1-7,9-10H,8H2,(H,19,23). The molecule has 1 amide bonds. The molecule has 4 rings (SSSR count). The second-order valence-corrected chi connectivity index (χ2v) is 6.02. The van der Waals surface area contributed by atoms with Gasteiger partial charge in [-0.15, -0.1) is 10.2 Å². The molecule has 0 aliphatic rings. The summed E-state index contributed by atoms with van der Waals surface area (Å²) in [6.45, 7) is 0.627. The van der Waals surface area contributed by atoms with Crippen LogP contribution in [0, 0.1) is 0 Å². The molecule has 0 spiro atoms. The molecule has 25 heavy (non-hydrogen) atoms. The number of nitrogens with zero attached hydrogens (tertiary/aromatic N) is 5. The third kappa shape index (κ3) is 3.45. The monoisotopic (exact) mass is 352 g/mol. The lowest BCUT2D eigenvalue weighted by atomic mass is 10.2. The van der Waals surface area contributed by atoms with Gasteiger partial charge in [-0.05, 0) is 5.56 Å². The molecule has 1 N–H and O–H groups in total. The highest BCUT2D eigenvalue weighted by atomic mass is 32.1. The summed E-state index contributed by atoms with van der Waals surface area (Å²) in [5, 5.41) is 18.9. The predicted molar refractivity (Wildman–Crippen MR) is 91.1 cm³/mol. The zero-order chi connectivity index (χ0) is 17.1. The molecular formula is C16H12N6O2S. The molecule has 8 nitrogen and oxygen atoms in total. The Morgan fingerprint density at radius 1 is 1.28 bits per heavy atom. The van der Waals surface area contributed by atoms with Gasteiger partial charge in [-0.25, -0.2) is 0 Å². The normalized spacial score (nSPS) is 10.7. The van der Waals surface area contributed by atoms with Crippen molar-refractivity contribution in [2.75, 3.05) is 5.32 Å². The van der Waals surface area contributed by atoms with Gasteiger partial charge in [0.1, 0.15) is 5.51 Å². The summed E-state index contributed by atoms with van der Waals surface area (Å²) in [5.41, 5.74) is 3.46. The largest absolute Gasteiger partial charge is 0.353 e. The lowest BCUT2D eigenvalue weighted by Crippen LogP contribution is -2.11. The van der Waals surface area contributed by atoms with Crippen molar-refractivity contribution >= 4 is 22.9 Å². The summed E-state index contributed by atoms with van der Waals surface area (Å²) in [6, 6.07) is 11.5. The fourth-order valence-corrected chi connectivity index (χ4v) is 2.74. The fraction of sp³-hybridized carbons (Fsp3) is 0.0625. The number of anilines is 1. The minimum Gasteiger partial charge on any atom is -0.353 e. The summed E-state index contributed by atoms with van der Waals surface area (Å²) in [7, 11) is 0. The van der Waals surface area contributed by atoms with Crippen molar-refractivity contribution in [2.45, 2.75) is 6.54 Å². The zero-order valence-electron chi connectivity index (χ0n) is 12.9. The Morgan fingerprint density at radius 2 is 2.16 bits per heavy atom. The van der Waals surface area contributed by atoms with E-state index in [0.29, 0.717) is 23.0 Å². The summed E-state index contributed by atoms with van der Waals surface area (Å²) < 4.78 is 6.88. The van der Waals surface area contributed by atoms with E-state index < -0.39 is 0 Å². The number of carbonyl (C=O) groups is 1. The zero-order valence-corrected chi connectivity index (χ0v) is 13.7. The lowest BCUT2D eigenvalue weighted by Gasteiger charge is -2.01. The minimum atomic E-state index is -0.376. The maximum atomic E-state index is 12.3. The van der Waals surface area contributed by atoms with E-state index in [4.69, 9.17) is 4.52 Å². The molecule has 0 radical (unpaired) electrons. The number of aromatic nitrogens is 5. The Bertz CT molecular complexity index is 977. The third-order valence-electron chi connectivity index (χ3n) is 3.39. The van der Waals surface area contributed by atoms with E-state index in [1.165, 1.54) is 17.4 Å². The maximum Gasteiger partial charge on any atom is 0.277 e. The first-order valence-corrected chi connectivity index (χ1v) is 8.27. The quantitative estimate of drug-likeness (QED) is 0.593. The average molecular weight is 352 g/mol. The number of rotatable bonds is 5. The Morgan fingerprint density at radius 3 is 2.96 bits per heavy atom. The van der Waals surface area contributed by atoms with Gasteiger partial charge in [0.15, 0.2) is 16.5 Å². The maximum absolute atomic E-state index is 12.3. The van der Waals surface area contributed by atoms with Gasteiger partial charge < -0.3 is 9.84 Å². The van der Waals surface area contributed by atoms with Crippen LogP contribution >= 0.6 is 11.3 Å². The number of benzene rings is 1. The first-order valence-electron chi connectivity index (χ1n) is 7.39. The van der Waals surface area contributed by atoms with Crippen molar-refractivity contribution in [1.29, 1.82) is 0 Å². The molecular weight excluding hydrogens is 340 g/mol. The number of hydrogen-bond donors (Lipinski definition) is 1. The summed E-state index contributed by atoms with van der Waals surface area (Å²) in [6.07, 6.45) is 3.35. The van der Waals surface area contributed by atoms with Crippen LogP contribution < -0.4 is 5.32 Å². The summed E-state index contributed by atoms with van der Waals surface area (Å²) >= 11 is 1.31. The third-order valence-corrected chi connectivity index (χ3v) is 4.10. The van der Waals surface area contributed by atoms with Crippen LogP contribution in [0.15, 0.2) is 58.8 Å². The first kappa shape index (κ1) is 15.2. The molecule has 0 unspecified atom stereocenters. The fourth-order valence-electron chi connectivity index (χ4n) is 2.24. The Hall–Kier alpha value is -3.33. The van der Waals surface area contributed by atoms with Crippen LogP contribution in [-0.2, 0) is 6.54 Å². The molecule has 0 saturated heterocycles. The van der Waals surface area contributed by atoms with Crippen LogP contribution in [0.25, 0.3) is 10.8 Å². The van der Waals surface area contributed by atoms with Gasteiger partial charge in [-0.3, -0.25) is 9.48 Å². The molecule has 0 atom stereocenters. The number of carbonyl (C=O) groups excluding carboxylic acids is 1. The second-order valence-electron chi connectivity index (χ2n) is 5.19. The molecule has 0 aliphatic heterocycles. The van der Waals surface area contributed by atoms with Crippen molar-refractivity contribution in [3.63, 3.8) is 0 Å². The highest BCUT2D eigenvalue weighted by Gasteiger charge is 2.16. The van der Waals surface area contributed by atoms with Crippen LogP contribution in [0.5, 0.6) is 0 Å². The molecule has 4 aromatic rings. The van der Waals surface area contributed by atoms with E-state index in [1.54, 1.807) is 22.6 Å². The van der Waals surface area contributed by atoms with Gasteiger partial charge >= 0.3 is 0 Å². The number of hydrogen-bond acceptors (Lipinski definition) is 7. The lowest BCUT2D eigenvalue weighted by molar-refractivity contribution is 0.101. The summed E-state index contributed by atoms with van der Waals surface area (Å²) in [4.78, 5) is 12.3. The van der Waals surface area contributed by atoms with E-state index >= 15 is 0 Å². The second kappa shape index (κ2) is 6.65. The highest BCUT2D eigenvalue weighted by Crippen LogP contribution is 2.21. The molecule has 9 heteroatoms. The van der Waals surface area contributed by atoms with Crippen molar-refractivity contribution in [3.05, 3.63) is 65.6 Å². The predicted octanol–water partition coefficient (Wildman–Crippen LogP) is 2.69. The van der Waals surface area contributed by atoms with Crippen LogP contribution in [-0.4, -0.2) is 31.0 Å². The van der Waals surface area contributed by atoms with Gasteiger partial charge in [0, 0.05) is 12.3 Å². The average Bonchev–Trinajstić information content (AvgIpc) is 3.37. The SMILES string of the molecule is O=C(Nc1cnn(Cc2ccccc2)c1)c1cc(-c2nncs2)on1. The van der Waals surface area contributed by atoms with Crippen LogP contribution in [0.2, 0.25) is 0 Å². The Kier molecular flexibility index (Phi) is 4.05. The first-order chi connectivity index (χ1) is 12.3. The molecule has 0 saturated carbocycles. The van der Waals surface area contributed by atoms with E-state index in [0.717, 1.165) is 5.56 Å². The molecule has 0 fully saturated rings. The van der Waals surface area contributed by atoms with Crippen molar-refractivity contribution in [1.82, 2.24) is 25.1 Å². The Labute approximate surface area is 146 Å². The highest BCUT2D eigenvalue weighted by molar-refractivity contribution is 7.12. The van der Waals surface area contributed by atoms with Crippen molar-refractivity contribution in [2.24, 2.45) is 0 Å². The van der Waals surface area contributed by atoms with Gasteiger partial charge in [-0.1, -0.05) is 46.8 Å². The minimum absolute atomic E-state index is 0.168. The smallest absolute Gasteiger partial charge is 0.277 e. The molecule has 3 heterocycles. The molecule has 1 aromatic carbocycles.